The fourth-order valence-corrected chi connectivity index (χ4v) is 0. The van der Waals surface area contributed by atoms with Crippen molar-refractivity contribution in [3.8, 4) is 0 Å². The van der Waals surface area contributed by atoms with E-state index < -0.39 is 10.3 Å². The maximum Gasteiger partial charge on any atom is 0.428 e. The highest BCUT2D eigenvalue weighted by Gasteiger charge is 1.87. The van der Waals surface area contributed by atoms with E-state index in [4.69, 9.17) is 24.8 Å². The third kappa shape index (κ3) is 148. The maximum absolute atomic E-state index is 9.08. The van der Waals surface area contributed by atoms with Crippen molar-refractivity contribution in [3.05, 3.63) is 6.57 Å². The maximum atomic E-state index is 9.08. The standard InChI is InChI=1S/CN.H3NO3S/c1-2;1-5(2,3)4/h;(H3,1,2,3,4)/q-1;/p+1. The first-order chi connectivity index (χ1) is 3.00. The predicted octanol–water partition coefficient (Wildman–Crippen LogP) is -1.87. The Balaban J connectivity index is 0. The van der Waals surface area contributed by atoms with Crippen molar-refractivity contribution in [2.45, 2.75) is 0 Å². The van der Waals surface area contributed by atoms with Gasteiger partial charge in [-0.25, -0.2) is 9.69 Å². The van der Waals surface area contributed by atoms with Crippen LogP contribution in [0.2, 0.25) is 0 Å². The molecule has 0 unspecified atom stereocenters. The molecule has 6 heteroatoms. The summed E-state index contributed by atoms with van der Waals surface area (Å²) in [5.74, 6) is 0. The van der Waals surface area contributed by atoms with Crippen molar-refractivity contribution >= 4 is 10.3 Å². The van der Waals surface area contributed by atoms with Gasteiger partial charge in [0.15, 0.2) is 0 Å². The third-order valence-corrected chi connectivity index (χ3v) is 0. The third-order valence-electron chi connectivity index (χ3n) is 0. The lowest BCUT2D eigenvalue weighted by atomic mass is 11.9. The van der Waals surface area contributed by atoms with Gasteiger partial charge >= 0.3 is 10.3 Å². The minimum Gasteiger partial charge on any atom is -0.512 e. The number of rotatable bonds is 0. The second-order valence-electron chi connectivity index (χ2n) is 0.582. The van der Waals surface area contributed by atoms with Crippen molar-refractivity contribution in [3.63, 3.8) is 0 Å². The average Bonchev–Trinajstić information content (AvgIpc) is 1.36. The zero-order valence-corrected chi connectivity index (χ0v) is 4.14. The molecule has 0 aromatic rings. The van der Waals surface area contributed by atoms with Gasteiger partial charge in [0, 0.05) is 0 Å². The number of quaternary nitrogens is 1. The monoisotopic (exact) mass is 124 g/mol. The summed E-state index contributed by atoms with van der Waals surface area (Å²) >= 11 is 0. The Morgan fingerprint density at radius 3 is 1.57 bits per heavy atom. The van der Waals surface area contributed by atoms with E-state index in [1.165, 1.54) is 0 Å². The van der Waals surface area contributed by atoms with E-state index in [1.54, 1.807) is 0 Å². The second kappa shape index (κ2) is 3.55. The summed E-state index contributed by atoms with van der Waals surface area (Å²) in [7, 11) is -3.92. The Labute approximate surface area is 41.2 Å². The molecule has 0 bridgehead atoms. The van der Waals surface area contributed by atoms with Crippen LogP contribution in [0, 0.1) is 11.8 Å². The molecule has 0 aromatic heterocycles. The van der Waals surface area contributed by atoms with Crippen molar-refractivity contribution in [1.82, 2.24) is 0 Å². The first kappa shape index (κ1) is 9.61. The van der Waals surface area contributed by atoms with E-state index in [-0.39, 0.29) is 0 Å². The highest BCUT2D eigenvalue weighted by atomic mass is 32.2. The van der Waals surface area contributed by atoms with Crippen LogP contribution in [0.5, 0.6) is 0 Å². The molecule has 0 saturated carbocycles. The van der Waals surface area contributed by atoms with Crippen molar-refractivity contribution in [1.29, 1.82) is 5.26 Å². The lowest BCUT2D eigenvalue weighted by Crippen LogP contribution is -2.55. The molecule has 0 aliphatic rings. The molecule has 0 rings (SSSR count). The van der Waals surface area contributed by atoms with E-state index in [0.29, 0.717) is 0 Å². The normalized spacial score (nSPS) is 8.57. The summed E-state index contributed by atoms with van der Waals surface area (Å²) in [5.41, 5.74) is 0. The topological polar surface area (TPSA) is 106 Å². The summed E-state index contributed by atoms with van der Waals surface area (Å²) in [6.45, 7) is 4.75. The van der Waals surface area contributed by atoms with Crippen molar-refractivity contribution in [2.24, 2.45) is 0 Å². The Morgan fingerprint density at radius 1 is 1.57 bits per heavy atom. The summed E-state index contributed by atoms with van der Waals surface area (Å²) < 4.78 is 25.5. The number of hydrogen-bond acceptors (Lipinski definition) is 3. The molecule has 0 heterocycles. The van der Waals surface area contributed by atoms with Crippen LogP contribution in [0.25, 0.3) is 0 Å². The van der Waals surface area contributed by atoms with Crippen LogP contribution in [-0.2, 0) is 10.3 Å². The lowest BCUT2D eigenvalue weighted by Gasteiger charge is -1.65. The van der Waals surface area contributed by atoms with Gasteiger partial charge in [0.2, 0.25) is 0 Å². The number of nitrogens with zero attached hydrogens (tertiary/aromatic N) is 1. The molecule has 0 spiro atoms. The highest BCUT2D eigenvalue weighted by molar-refractivity contribution is 7.78. The predicted molar refractivity (Wildman–Crippen MR) is 19.4 cm³/mol. The largest absolute Gasteiger partial charge is 0.512 e. The molecule has 0 aliphatic carbocycles. The van der Waals surface area contributed by atoms with Gasteiger partial charge in [-0.2, -0.15) is 0 Å². The van der Waals surface area contributed by atoms with Gasteiger partial charge in [0.05, 0.1) is 0 Å². The second-order valence-corrected chi connectivity index (χ2v) is 1.75. The van der Waals surface area contributed by atoms with E-state index in [0.717, 1.165) is 0 Å². The SMILES string of the molecule is [C-]#N.[NH3+]S(=O)(=O)O. The average molecular weight is 124 g/mol. The fourth-order valence-electron chi connectivity index (χ4n) is 0. The zero-order valence-electron chi connectivity index (χ0n) is 3.33. The van der Waals surface area contributed by atoms with E-state index in [1.807, 2.05) is 0 Å². The van der Waals surface area contributed by atoms with Crippen LogP contribution in [0.15, 0.2) is 0 Å². The summed E-state index contributed by atoms with van der Waals surface area (Å²) in [6, 6.07) is 0. The Hall–Kier alpha value is -0.640. The van der Waals surface area contributed by atoms with Crippen LogP contribution in [0.1, 0.15) is 0 Å². The highest BCUT2D eigenvalue weighted by Crippen LogP contribution is 1.44. The Morgan fingerprint density at radius 2 is 1.57 bits per heavy atom. The van der Waals surface area contributed by atoms with Gasteiger partial charge in [0.25, 0.3) is 0 Å². The summed E-state index contributed by atoms with van der Waals surface area (Å²) in [4.78, 5) is 0. The molecule has 0 radical (unpaired) electrons. The molecule has 7 heavy (non-hydrogen) atoms. The summed E-state index contributed by atoms with van der Waals surface area (Å²) in [6.07, 6.45) is 0. The van der Waals surface area contributed by atoms with Gasteiger partial charge in [-0.3, -0.25) is 0 Å². The van der Waals surface area contributed by atoms with Crippen LogP contribution in [0.3, 0.4) is 0 Å². The quantitative estimate of drug-likeness (QED) is 0.291. The fraction of sp³-hybridized carbons (Fsp3) is 0. The Bertz CT molecular complexity index is 124. The van der Waals surface area contributed by atoms with Gasteiger partial charge in [-0.05, 0) is 0 Å². The molecule has 0 atom stereocenters. The molecule has 4 N–H and O–H groups in total. The molecular formula is CH4N2O3S. The smallest absolute Gasteiger partial charge is 0.428 e. The van der Waals surface area contributed by atoms with E-state index >= 15 is 0 Å². The zero-order chi connectivity index (χ0) is 6.50. The van der Waals surface area contributed by atoms with Crippen molar-refractivity contribution < 1.29 is 18.1 Å². The summed E-state index contributed by atoms with van der Waals surface area (Å²) in [5, 5.41) is 8.55. The molecule has 0 amide bonds. The lowest BCUT2D eigenvalue weighted by molar-refractivity contribution is -0.181. The number of hydrogen-bond donors (Lipinski definition) is 2. The molecular weight excluding hydrogens is 120 g/mol. The first-order valence-electron chi connectivity index (χ1n) is 1.03. The Kier molecular flexibility index (Phi) is 4.87. The molecule has 0 saturated heterocycles. The molecule has 0 fully saturated rings. The van der Waals surface area contributed by atoms with Crippen LogP contribution >= 0.6 is 0 Å². The minimum atomic E-state index is -3.92. The van der Waals surface area contributed by atoms with Crippen LogP contribution in [-0.4, -0.2) is 13.0 Å². The first-order valence-corrected chi connectivity index (χ1v) is 2.64. The minimum absolute atomic E-state index is 2.30. The van der Waals surface area contributed by atoms with E-state index in [2.05, 4.69) is 5.14 Å². The molecule has 42 valence electrons. The van der Waals surface area contributed by atoms with E-state index in [9.17, 15) is 0 Å². The molecule has 0 aromatic carbocycles. The van der Waals surface area contributed by atoms with Crippen LogP contribution < -0.4 is 5.14 Å². The van der Waals surface area contributed by atoms with Gasteiger partial charge in [-0.1, -0.05) is 0 Å². The van der Waals surface area contributed by atoms with Crippen LogP contribution in [0.4, 0.5) is 0 Å². The molecule has 0 aliphatic heterocycles. The van der Waals surface area contributed by atoms with Gasteiger partial charge in [0.1, 0.15) is 0 Å². The van der Waals surface area contributed by atoms with Gasteiger partial charge < -0.3 is 11.8 Å². The molecule has 5 nitrogen and oxygen atoms in total. The van der Waals surface area contributed by atoms with Crippen molar-refractivity contribution in [2.75, 3.05) is 0 Å². The van der Waals surface area contributed by atoms with Gasteiger partial charge in [-0.15, -0.1) is 8.42 Å².